The molecule has 0 spiro atoms. The fourth-order valence-corrected chi connectivity index (χ4v) is 2.86. The second-order valence-corrected chi connectivity index (χ2v) is 5.29. The molecule has 1 aliphatic rings. The van der Waals surface area contributed by atoms with Crippen LogP contribution < -0.4 is 0 Å². The summed E-state index contributed by atoms with van der Waals surface area (Å²) in [5.74, 6) is 0. The number of rotatable bonds is 3. The van der Waals surface area contributed by atoms with Crippen LogP contribution in [0.1, 0.15) is 23.2 Å². The van der Waals surface area contributed by atoms with Crippen LogP contribution in [0.15, 0.2) is 36.5 Å². The van der Waals surface area contributed by atoms with Crippen LogP contribution in [0.5, 0.6) is 0 Å². The van der Waals surface area contributed by atoms with Gasteiger partial charge >= 0.3 is 0 Å². The minimum Gasteiger partial charge on any atom is -0.389 e. The molecule has 1 N–H and O–H groups in total. The van der Waals surface area contributed by atoms with Crippen LogP contribution in [-0.4, -0.2) is 20.5 Å². The number of benzene rings is 1. The Bertz CT molecular complexity index is 534. The predicted molar refractivity (Wildman–Crippen MR) is 70.3 cm³/mol. The smallest absolute Gasteiger partial charge is 0.0732 e. The summed E-state index contributed by atoms with van der Waals surface area (Å²) in [6, 6.07) is 10.4. The van der Waals surface area contributed by atoms with Crippen molar-refractivity contribution in [2.45, 2.75) is 31.3 Å². The van der Waals surface area contributed by atoms with Crippen molar-refractivity contribution >= 4 is 0 Å². The highest BCUT2D eigenvalue weighted by Crippen LogP contribution is 2.33. The zero-order valence-corrected chi connectivity index (χ0v) is 10.6. The van der Waals surface area contributed by atoms with Crippen molar-refractivity contribution in [3.05, 3.63) is 53.3 Å². The van der Waals surface area contributed by atoms with Crippen molar-refractivity contribution in [2.75, 3.05) is 0 Å². The van der Waals surface area contributed by atoms with Crippen LogP contribution in [0.3, 0.4) is 0 Å². The first-order valence-corrected chi connectivity index (χ1v) is 6.42. The van der Waals surface area contributed by atoms with E-state index in [4.69, 9.17) is 0 Å². The standard InChI is InChI=1S/C15H18N2O/c1-17-14(7-9-16-17)6-8-15(18)10-12-4-2-3-5-13(12)11-15/h2-5,7,9,18H,6,8,10-11H2,1H3. The first-order valence-electron chi connectivity index (χ1n) is 6.42. The van der Waals surface area contributed by atoms with Gasteiger partial charge in [0.2, 0.25) is 0 Å². The lowest BCUT2D eigenvalue weighted by Gasteiger charge is -2.22. The Hall–Kier alpha value is -1.61. The number of aryl methyl sites for hydroxylation is 2. The summed E-state index contributed by atoms with van der Waals surface area (Å²) in [4.78, 5) is 0. The van der Waals surface area contributed by atoms with Crippen LogP contribution >= 0.6 is 0 Å². The molecule has 3 nitrogen and oxygen atoms in total. The molecule has 1 aromatic carbocycles. The number of hydrogen-bond acceptors (Lipinski definition) is 2. The molecule has 0 saturated heterocycles. The summed E-state index contributed by atoms with van der Waals surface area (Å²) < 4.78 is 1.88. The minimum atomic E-state index is -0.575. The lowest BCUT2D eigenvalue weighted by molar-refractivity contribution is 0.0422. The average Bonchev–Trinajstić information content (AvgIpc) is 2.89. The molecule has 3 heteroatoms. The van der Waals surface area contributed by atoms with Gasteiger partial charge in [-0.05, 0) is 30.0 Å². The van der Waals surface area contributed by atoms with Gasteiger partial charge in [-0.2, -0.15) is 5.10 Å². The third-order valence-corrected chi connectivity index (χ3v) is 3.93. The predicted octanol–water partition coefficient (Wildman–Crippen LogP) is 1.88. The summed E-state index contributed by atoms with van der Waals surface area (Å²) in [7, 11) is 1.95. The van der Waals surface area contributed by atoms with E-state index in [1.807, 2.05) is 36.1 Å². The van der Waals surface area contributed by atoms with Gasteiger partial charge in [0.25, 0.3) is 0 Å². The second kappa shape index (κ2) is 4.25. The van der Waals surface area contributed by atoms with Gasteiger partial charge < -0.3 is 5.11 Å². The molecule has 94 valence electrons. The highest BCUT2D eigenvalue weighted by molar-refractivity contribution is 5.35. The van der Waals surface area contributed by atoms with Crippen molar-refractivity contribution in [3.8, 4) is 0 Å². The molecule has 0 atom stereocenters. The lowest BCUT2D eigenvalue weighted by Crippen LogP contribution is -2.30. The monoisotopic (exact) mass is 242 g/mol. The van der Waals surface area contributed by atoms with Gasteiger partial charge in [-0.25, -0.2) is 0 Å². The van der Waals surface area contributed by atoms with Gasteiger partial charge in [0.05, 0.1) is 5.60 Å². The maximum atomic E-state index is 10.7. The molecule has 0 fully saturated rings. The molecule has 0 unspecified atom stereocenters. The Labute approximate surface area is 107 Å². The van der Waals surface area contributed by atoms with E-state index in [2.05, 4.69) is 17.2 Å². The van der Waals surface area contributed by atoms with Gasteiger partial charge in [-0.1, -0.05) is 24.3 Å². The van der Waals surface area contributed by atoms with Crippen molar-refractivity contribution in [1.82, 2.24) is 9.78 Å². The first-order chi connectivity index (χ1) is 8.66. The highest BCUT2D eigenvalue weighted by atomic mass is 16.3. The Morgan fingerprint density at radius 3 is 2.44 bits per heavy atom. The highest BCUT2D eigenvalue weighted by Gasteiger charge is 2.34. The third-order valence-electron chi connectivity index (χ3n) is 3.93. The zero-order valence-electron chi connectivity index (χ0n) is 10.6. The van der Waals surface area contributed by atoms with Crippen molar-refractivity contribution < 1.29 is 5.11 Å². The topological polar surface area (TPSA) is 38.0 Å². The first kappa shape index (κ1) is 11.5. The van der Waals surface area contributed by atoms with Crippen LogP contribution in [0, 0.1) is 0 Å². The van der Waals surface area contributed by atoms with E-state index < -0.39 is 5.60 Å². The quantitative estimate of drug-likeness (QED) is 0.892. The molecule has 3 rings (SSSR count). The zero-order chi connectivity index (χ0) is 12.6. The molecular formula is C15H18N2O. The van der Waals surface area contributed by atoms with Crippen LogP contribution in [0.25, 0.3) is 0 Å². The molecule has 0 bridgehead atoms. The number of nitrogens with zero attached hydrogens (tertiary/aromatic N) is 2. The SMILES string of the molecule is Cn1nccc1CCC1(O)Cc2ccccc2C1. The van der Waals surface area contributed by atoms with E-state index in [1.54, 1.807) is 0 Å². The number of fused-ring (bicyclic) bond motifs is 1. The van der Waals surface area contributed by atoms with E-state index in [1.165, 1.54) is 16.8 Å². The molecular weight excluding hydrogens is 224 g/mol. The van der Waals surface area contributed by atoms with Crippen LogP contribution in [0.4, 0.5) is 0 Å². The number of aliphatic hydroxyl groups is 1. The van der Waals surface area contributed by atoms with Crippen molar-refractivity contribution in [2.24, 2.45) is 7.05 Å². The van der Waals surface area contributed by atoms with Gasteiger partial charge in [0, 0.05) is 31.8 Å². The molecule has 1 heterocycles. The summed E-state index contributed by atoms with van der Waals surface area (Å²) >= 11 is 0. The second-order valence-electron chi connectivity index (χ2n) is 5.29. The van der Waals surface area contributed by atoms with Gasteiger partial charge in [0.1, 0.15) is 0 Å². The van der Waals surface area contributed by atoms with Gasteiger partial charge in [-0.3, -0.25) is 4.68 Å². The summed E-state index contributed by atoms with van der Waals surface area (Å²) in [6.07, 6.45) is 5.03. The average molecular weight is 242 g/mol. The van der Waals surface area contributed by atoms with Gasteiger partial charge in [0.15, 0.2) is 0 Å². The largest absolute Gasteiger partial charge is 0.389 e. The molecule has 2 aromatic rings. The van der Waals surface area contributed by atoms with E-state index in [-0.39, 0.29) is 0 Å². The van der Waals surface area contributed by atoms with Crippen LogP contribution in [0.2, 0.25) is 0 Å². The summed E-state index contributed by atoms with van der Waals surface area (Å²) in [6.45, 7) is 0. The Balaban J connectivity index is 1.70. The van der Waals surface area contributed by atoms with Crippen LogP contribution in [-0.2, 0) is 26.3 Å². The Morgan fingerprint density at radius 1 is 1.22 bits per heavy atom. The third kappa shape index (κ3) is 2.06. The van der Waals surface area contributed by atoms with Gasteiger partial charge in [-0.15, -0.1) is 0 Å². The fraction of sp³-hybridized carbons (Fsp3) is 0.400. The van der Waals surface area contributed by atoms with Crippen molar-refractivity contribution in [3.63, 3.8) is 0 Å². The summed E-state index contributed by atoms with van der Waals surface area (Å²) in [5.41, 5.74) is 3.20. The minimum absolute atomic E-state index is 0.575. The van der Waals surface area contributed by atoms with E-state index >= 15 is 0 Å². The lowest BCUT2D eigenvalue weighted by atomic mass is 9.93. The Kier molecular flexibility index (Phi) is 2.71. The molecule has 0 amide bonds. The fourth-order valence-electron chi connectivity index (χ4n) is 2.86. The van der Waals surface area contributed by atoms with E-state index in [0.717, 1.165) is 25.7 Å². The molecule has 18 heavy (non-hydrogen) atoms. The molecule has 0 saturated carbocycles. The van der Waals surface area contributed by atoms with Crippen molar-refractivity contribution in [1.29, 1.82) is 0 Å². The normalized spacial score (nSPS) is 16.8. The number of aromatic nitrogens is 2. The molecule has 1 aliphatic carbocycles. The number of hydrogen-bond donors (Lipinski definition) is 1. The summed E-state index contributed by atoms with van der Waals surface area (Å²) in [5, 5.41) is 14.8. The van der Waals surface area contributed by atoms with E-state index in [9.17, 15) is 5.11 Å². The maximum Gasteiger partial charge on any atom is 0.0732 e. The van der Waals surface area contributed by atoms with E-state index in [0.29, 0.717) is 0 Å². The molecule has 0 radical (unpaired) electrons. The molecule has 0 aliphatic heterocycles. The maximum absolute atomic E-state index is 10.7. The molecule has 1 aromatic heterocycles. The Morgan fingerprint density at radius 2 is 1.89 bits per heavy atom.